The van der Waals surface area contributed by atoms with Crippen LogP contribution in [0.1, 0.15) is 11.4 Å². The van der Waals surface area contributed by atoms with Gasteiger partial charge in [0.1, 0.15) is 4.90 Å². The van der Waals surface area contributed by atoms with Gasteiger partial charge in [0, 0.05) is 15.7 Å². The molecule has 12 heteroatoms. The first kappa shape index (κ1) is 25.1. The number of benzene rings is 3. The molecule has 0 unspecified atom stereocenters. The Morgan fingerprint density at radius 2 is 1.31 bits per heavy atom. The molecular formula is C23H20Cl2N4O4S2. The quantitative estimate of drug-likeness (QED) is 0.320. The van der Waals surface area contributed by atoms with Crippen molar-refractivity contribution in [2.75, 3.05) is 9.44 Å². The van der Waals surface area contributed by atoms with Gasteiger partial charge in [-0.25, -0.2) is 21.5 Å². The van der Waals surface area contributed by atoms with Gasteiger partial charge < -0.3 is 0 Å². The number of anilines is 2. The molecule has 35 heavy (non-hydrogen) atoms. The first-order valence-electron chi connectivity index (χ1n) is 10.2. The number of aryl methyl sites for hydroxylation is 1. The first-order chi connectivity index (χ1) is 16.5. The number of hydrogen-bond donors (Lipinski definition) is 2. The van der Waals surface area contributed by atoms with E-state index >= 15 is 0 Å². The minimum absolute atomic E-state index is 0.0533. The lowest BCUT2D eigenvalue weighted by Crippen LogP contribution is -2.16. The zero-order valence-corrected chi connectivity index (χ0v) is 21.7. The average Bonchev–Trinajstić information content (AvgIpc) is 3.08. The van der Waals surface area contributed by atoms with Gasteiger partial charge in [0.15, 0.2) is 0 Å². The number of nitrogens with zero attached hydrogens (tertiary/aromatic N) is 2. The molecule has 0 amide bonds. The lowest BCUT2D eigenvalue weighted by Gasteiger charge is -2.11. The molecule has 0 bridgehead atoms. The molecule has 1 aromatic heterocycles. The van der Waals surface area contributed by atoms with Crippen LogP contribution in [0, 0.1) is 13.8 Å². The van der Waals surface area contributed by atoms with Crippen LogP contribution >= 0.6 is 23.2 Å². The molecule has 0 saturated carbocycles. The van der Waals surface area contributed by atoms with Crippen molar-refractivity contribution in [3.05, 3.63) is 94.2 Å². The molecule has 3 aromatic carbocycles. The van der Waals surface area contributed by atoms with E-state index in [1.165, 1.54) is 42.5 Å². The Bertz CT molecular complexity index is 1580. The molecule has 0 saturated heterocycles. The predicted octanol–water partition coefficient (Wildman–Crippen LogP) is 5.40. The summed E-state index contributed by atoms with van der Waals surface area (Å²) in [5, 5.41) is 4.94. The summed E-state index contributed by atoms with van der Waals surface area (Å²) >= 11 is 11.9. The summed E-state index contributed by atoms with van der Waals surface area (Å²) in [4.78, 5) is -0.0154. The number of sulfonamides is 2. The zero-order valence-electron chi connectivity index (χ0n) is 18.5. The van der Waals surface area contributed by atoms with E-state index < -0.39 is 20.0 Å². The molecule has 4 aromatic rings. The maximum atomic E-state index is 13.2. The summed E-state index contributed by atoms with van der Waals surface area (Å²) < 4.78 is 58.2. The molecule has 0 aliphatic heterocycles. The van der Waals surface area contributed by atoms with E-state index in [1.807, 2.05) is 30.3 Å². The normalized spacial score (nSPS) is 11.9. The van der Waals surface area contributed by atoms with Gasteiger partial charge in [-0.15, -0.1) is 0 Å². The third-order valence-electron chi connectivity index (χ3n) is 5.03. The minimum atomic E-state index is -4.00. The Morgan fingerprint density at radius 3 is 1.91 bits per heavy atom. The lowest BCUT2D eigenvalue weighted by atomic mass is 10.3. The third-order valence-corrected chi connectivity index (χ3v) is 8.49. The Labute approximate surface area is 213 Å². The van der Waals surface area contributed by atoms with Gasteiger partial charge in [0.2, 0.25) is 0 Å². The van der Waals surface area contributed by atoms with Gasteiger partial charge >= 0.3 is 0 Å². The van der Waals surface area contributed by atoms with Crippen molar-refractivity contribution in [2.24, 2.45) is 0 Å². The van der Waals surface area contributed by atoms with Gasteiger partial charge in [0.05, 0.1) is 27.7 Å². The molecule has 0 aliphatic carbocycles. The molecule has 0 aliphatic rings. The summed E-state index contributed by atoms with van der Waals surface area (Å²) in [6.45, 7) is 3.29. The number of aromatic nitrogens is 2. The number of halogens is 2. The summed E-state index contributed by atoms with van der Waals surface area (Å²) in [5.74, 6) is 0. The van der Waals surface area contributed by atoms with E-state index in [0.29, 0.717) is 11.4 Å². The Kier molecular flexibility index (Phi) is 6.83. The summed E-state index contributed by atoms with van der Waals surface area (Å²) in [6, 6.07) is 18.8. The van der Waals surface area contributed by atoms with Crippen molar-refractivity contribution >= 4 is 54.6 Å². The summed E-state index contributed by atoms with van der Waals surface area (Å²) in [6.07, 6.45) is 0. The number of rotatable bonds is 7. The van der Waals surface area contributed by atoms with E-state index in [4.69, 9.17) is 23.2 Å². The third kappa shape index (κ3) is 5.46. The van der Waals surface area contributed by atoms with E-state index in [2.05, 4.69) is 14.5 Å². The van der Waals surface area contributed by atoms with Crippen LogP contribution < -0.4 is 9.44 Å². The van der Waals surface area contributed by atoms with Crippen molar-refractivity contribution in [1.82, 2.24) is 9.78 Å². The second kappa shape index (κ2) is 9.54. The maximum absolute atomic E-state index is 13.2. The van der Waals surface area contributed by atoms with Gasteiger partial charge in [-0.05, 0) is 68.4 Å². The monoisotopic (exact) mass is 550 g/mol. The van der Waals surface area contributed by atoms with Crippen molar-refractivity contribution in [1.29, 1.82) is 0 Å². The predicted molar refractivity (Wildman–Crippen MR) is 138 cm³/mol. The number of para-hydroxylation sites is 1. The molecule has 0 atom stereocenters. The summed E-state index contributed by atoms with van der Waals surface area (Å²) in [5.41, 5.74) is 1.92. The highest BCUT2D eigenvalue weighted by atomic mass is 35.5. The van der Waals surface area contributed by atoms with Crippen LogP contribution in [0.25, 0.3) is 5.69 Å². The molecule has 1 heterocycles. The van der Waals surface area contributed by atoms with Crippen LogP contribution in [0.15, 0.2) is 82.6 Å². The van der Waals surface area contributed by atoms with Crippen LogP contribution in [0.3, 0.4) is 0 Å². The fraction of sp³-hybridized carbons (Fsp3) is 0.0870. The fourth-order valence-corrected chi connectivity index (χ4v) is 6.59. The molecule has 182 valence electrons. The Hall–Kier alpha value is -3.05. The average molecular weight is 551 g/mol. The molecular weight excluding hydrogens is 531 g/mol. The van der Waals surface area contributed by atoms with Crippen LogP contribution in [-0.2, 0) is 20.0 Å². The standard InChI is InChI=1S/C23H20Cl2N4O4S2/c1-15-23(16(2)29(26-15)21-6-4-3-5-7-21)35(32,33)27-19-8-10-22(11-9-19)34(30,31)28-20-13-17(24)12-18(25)14-20/h3-14,27-28H,1-2H3. The van der Waals surface area contributed by atoms with Crippen LogP contribution in [0.4, 0.5) is 11.4 Å². The van der Waals surface area contributed by atoms with Crippen molar-refractivity contribution < 1.29 is 16.8 Å². The van der Waals surface area contributed by atoms with E-state index in [0.717, 1.165) is 5.69 Å². The van der Waals surface area contributed by atoms with Gasteiger partial charge in [-0.2, -0.15) is 5.10 Å². The highest BCUT2D eigenvalue weighted by molar-refractivity contribution is 7.93. The van der Waals surface area contributed by atoms with Crippen LogP contribution in [-0.4, -0.2) is 26.6 Å². The van der Waals surface area contributed by atoms with Crippen molar-refractivity contribution in [3.8, 4) is 5.69 Å². The van der Waals surface area contributed by atoms with E-state index in [-0.39, 0.29) is 31.2 Å². The first-order valence-corrected chi connectivity index (χ1v) is 13.9. The fourth-order valence-electron chi connectivity index (χ4n) is 3.57. The number of hydrogen-bond acceptors (Lipinski definition) is 5. The smallest absolute Gasteiger partial charge is 0.265 e. The molecule has 0 spiro atoms. The van der Waals surface area contributed by atoms with Crippen molar-refractivity contribution in [2.45, 2.75) is 23.6 Å². The minimum Gasteiger partial charge on any atom is -0.280 e. The lowest BCUT2D eigenvalue weighted by molar-refractivity contribution is 0.599. The largest absolute Gasteiger partial charge is 0.280 e. The highest BCUT2D eigenvalue weighted by Crippen LogP contribution is 2.27. The van der Waals surface area contributed by atoms with E-state index in [9.17, 15) is 16.8 Å². The van der Waals surface area contributed by atoms with Gasteiger partial charge in [-0.3, -0.25) is 9.44 Å². The van der Waals surface area contributed by atoms with Gasteiger partial charge in [0.25, 0.3) is 20.0 Å². The van der Waals surface area contributed by atoms with Crippen molar-refractivity contribution in [3.63, 3.8) is 0 Å². The Balaban J connectivity index is 1.57. The van der Waals surface area contributed by atoms with Gasteiger partial charge in [-0.1, -0.05) is 41.4 Å². The van der Waals surface area contributed by atoms with Crippen LogP contribution in [0.5, 0.6) is 0 Å². The second-order valence-corrected chi connectivity index (χ2v) is 11.8. The number of nitrogens with one attached hydrogen (secondary N) is 2. The SMILES string of the molecule is Cc1nn(-c2ccccc2)c(C)c1S(=O)(=O)Nc1ccc(S(=O)(=O)Nc2cc(Cl)cc(Cl)c2)cc1. The molecule has 2 N–H and O–H groups in total. The Morgan fingerprint density at radius 1 is 0.743 bits per heavy atom. The topological polar surface area (TPSA) is 110 Å². The van der Waals surface area contributed by atoms with E-state index in [1.54, 1.807) is 18.5 Å². The molecule has 0 fully saturated rings. The maximum Gasteiger partial charge on any atom is 0.265 e. The second-order valence-electron chi connectivity index (χ2n) is 7.64. The molecule has 4 rings (SSSR count). The molecule has 8 nitrogen and oxygen atoms in total. The highest BCUT2D eigenvalue weighted by Gasteiger charge is 2.25. The van der Waals surface area contributed by atoms with Crippen LogP contribution in [0.2, 0.25) is 10.0 Å². The molecule has 0 radical (unpaired) electrons. The zero-order chi connectivity index (χ0) is 25.4. The summed E-state index contributed by atoms with van der Waals surface area (Å²) in [7, 11) is -7.95.